The molecule has 2 heterocycles. The van der Waals surface area contributed by atoms with E-state index in [9.17, 15) is 9.59 Å². The molecule has 0 bridgehead atoms. The third kappa shape index (κ3) is 5.02. The van der Waals surface area contributed by atoms with Crippen molar-refractivity contribution in [3.63, 3.8) is 0 Å². The first-order chi connectivity index (χ1) is 15.0. The average Bonchev–Trinajstić information content (AvgIpc) is 3.33. The summed E-state index contributed by atoms with van der Waals surface area (Å²) in [5.41, 5.74) is 0.690. The van der Waals surface area contributed by atoms with Crippen LogP contribution in [0.5, 0.6) is 17.2 Å². The summed E-state index contributed by atoms with van der Waals surface area (Å²) < 4.78 is 21.4. The number of rotatable bonds is 7. The molecule has 1 fully saturated rings. The van der Waals surface area contributed by atoms with E-state index in [1.54, 1.807) is 29.2 Å². The highest BCUT2D eigenvalue weighted by molar-refractivity contribution is 6.04. The van der Waals surface area contributed by atoms with Crippen molar-refractivity contribution in [2.75, 3.05) is 34.4 Å². The van der Waals surface area contributed by atoms with Gasteiger partial charge in [0.2, 0.25) is 5.75 Å². The van der Waals surface area contributed by atoms with Crippen molar-refractivity contribution in [3.8, 4) is 17.2 Å². The predicted octanol–water partition coefficient (Wildman–Crippen LogP) is 3.33. The van der Waals surface area contributed by atoms with Crippen molar-refractivity contribution in [3.05, 3.63) is 47.5 Å². The van der Waals surface area contributed by atoms with Crippen LogP contribution in [0.25, 0.3) is 6.08 Å². The van der Waals surface area contributed by atoms with Gasteiger partial charge in [-0.25, -0.2) is 0 Å². The summed E-state index contributed by atoms with van der Waals surface area (Å²) in [6.07, 6.45) is 4.83. The lowest BCUT2D eigenvalue weighted by molar-refractivity contribution is -0.128. The molecule has 0 atom stereocenters. The molecule has 1 aromatic carbocycles. The molecular weight excluding hydrogens is 400 g/mol. The molecule has 1 aliphatic heterocycles. The second kappa shape index (κ2) is 10.1. The Labute approximate surface area is 181 Å². The Bertz CT molecular complexity index is 943. The van der Waals surface area contributed by atoms with Crippen molar-refractivity contribution < 1.29 is 28.2 Å². The smallest absolute Gasteiger partial charge is 0.291 e. The maximum absolute atomic E-state index is 13.3. The van der Waals surface area contributed by atoms with E-state index in [0.717, 1.165) is 12.8 Å². The zero-order chi connectivity index (χ0) is 22.4. The molecule has 8 nitrogen and oxygen atoms in total. The molecule has 2 amide bonds. The van der Waals surface area contributed by atoms with E-state index in [1.165, 1.54) is 33.7 Å². The van der Waals surface area contributed by atoms with Gasteiger partial charge in [-0.1, -0.05) is 6.92 Å². The highest BCUT2D eigenvalue weighted by atomic mass is 16.5. The van der Waals surface area contributed by atoms with Gasteiger partial charge in [0, 0.05) is 18.7 Å². The van der Waals surface area contributed by atoms with Crippen molar-refractivity contribution in [1.29, 1.82) is 0 Å². The number of ether oxygens (including phenoxy) is 3. The first-order valence-corrected chi connectivity index (χ1v) is 10.1. The lowest BCUT2D eigenvalue weighted by Gasteiger charge is -2.31. The fourth-order valence-electron chi connectivity index (χ4n) is 3.52. The van der Waals surface area contributed by atoms with E-state index in [-0.39, 0.29) is 17.4 Å². The van der Waals surface area contributed by atoms with E-state index < -0.39 is 5.91 Å². The van der Waals surface area contributed by atoms with Gasteiger partial charge in [0.25, 0.3) is 11.8 Å². The molecule has 31 heavy (non-hydrogen) atoms. The molecule has 0 radical (unpaired) electrons. The van der Waals surface area contributed by atoms with Gasteiger partial charge in [-0.05, 0) is 49.1 Å². The Hall–Kier alpha value is -3.42. The minimum Gasteiger partial charge on any atom is -0.493 e. The molecule has 1 saturated heterocycles. The van der Waals surface area contributed by atoms with Crippen LogP contribution in [0.3, 0.4) is 0 Å². The molecular formula is C23H28N2O6. The number of likely N-dealkylation sites (tertiary alicyclic amines) is 1. The number of hydrogen-bond donors (Lipinski definition) is 1. The number of nitrogens with one attached hydrogen (secondary N) is 1. The highest BCUT2D eigenvalue weighted by Crippen LogP contribution is 2.40. The fraction of sp³-hybridized carbons (Fsp3) is 0.391. The minimum absolute atomic E-state index is 0.116. The maximum atomic E-state index is 13.3. The molecule has 2 aromatic rings. The number of benzene rings is 1. The van der Waals surface area contributed by atoms with Gasteiger partial charge in [0.05, 0.1) is 27.6 Å². The summed E-state index contributed by atoms with van der Waals surface area (Å²) >= 11 is 0. The standard InChI is InChI=1S/C23H28N2O6/c1-15-9-11-25(12-10-15)23(27)17(24-22(26)19-6-5-13-31-19)14-16-7-8-18(28-2)21(30-4)20(16)29-3/h5-8,13-15H,9-12H2,1-4H3,(H,24,26). The van der Waals surface area contributed by atoms with E-state index >= 15 is 0 Å². The van der Waals surface area contributed by atoms with Crippen LogP contribution in [0, 0.1) is 5.92 Å². The summed E-state index contributed by atoms with van der Waals surface area (Å²) in [5, 5.41) is 2.70. The van der Waals surface area contributed by atoms with Crippen molar-refractivity contribution in [2.45, 2.75) is 19.8 Å². The Kier molecular flexibility index (Phi) is 7.23. The van der Waals surface area contributed by atoms with Crippen molar-refractivity contribution in [2.24, 2.45) is 5.92 Å². The number of amides is 2. The molecule has 0 aliphatic carbocycles. The van der Waals surface area contributed by atoms with E-state index in [4.69, 9.17) is 18.6 Å². The fourth-order valence-corrected chi connectivity index (χ4v) is 3.52. The number of furan rings is 1. The Balaban J connectivity index is 2.00. The first-order valence-electron chi connectivity index (χ1n) is 10.1. The van der Waals surface area contributed by atoms with E-state index in [1.807, 2.05) is 0 Å². The van der Waals surface area contributed by atoms with Crippen molar-refractivity contribution >= 4 is 17.9 Å². The van der Waals surface area contributed by atoms with Gasteiger partial charge in [0.15, 0.2) is 17.3 Å². The molecule has 3 rings (SSSR count). The van der Waals surface area contributed by atoms with Crippen LogP contribution in [-0.4, -0.2) is 51.1 Å². The molecule has 1 aliphatic rings. The van der Waals surface area contributed by atoms with Gasteiger partial charge in [-0.15, -0.1) is 0 Å². The lowest BCUT2D eigenvalue weighted by atomic mass is 9.99. The second-order valence-electron chi connectivity index (χ2n) is 7.39. The summed E-state index contributed by atoms with van der Waals surface area (Å²) in [4.78, 5) is 27.7. The second-order valence-corrected chi connectivity index (χ2v) is 7.39. The van der Waals surface area contributed by atoms with Gasteiger partial charge in [-0.3, -0.25) is 9.59 Å². The Morgan fingerprint density at radius 2 is 1.77 bits per heavy atom. The number of piperidine rings is 1. The van der Waals surface area contributed by atoms with Crippen LogP contribution in [0.15, 0.2) is 40.6 Å². The number of carbonyl (C=O) groups excluding carboxylic acids is 2. The zero-order valence-corrected chi connectivity index (χ0v) is 18.3. The molecule has 1 N–H and O–H groups in total. The number of nitrogens with zero attached hydrogens (tertiary/aromatic N) is 1. The molecule has 8 heteroatoms. The number of hydrogen-bond acceptors (Lipinski definition) is 6. The topological polar surface area (TPSA) is 90.2 Å². The monoisotopic (exact) mass is 428 g/mol. The summed E-state index contributed by atoms with van der Waals surface area (Å²) in [5.74, 6) is 1.21. The predicted molar refractivity (Wildman–Crippen MR) is 115 cm³/mol. The van der Waals surface area contributed by atoms with Crippen LogP contribution in [0.2, 0.25) is 0 Å². The quantitative estimate of drug-likeness (QED) is 0.681. The van der Waals surface area contributed by atoms with Crippen molar-refractivity contribution in [1.82, 2.24) is 10.2 Å². The van der Waals surface area contributed by atoms with Gasteiger partial charge in [-0.2, -0.15) is 0 Å². The highest BCUT2D eigenvalue weighted by Gasteiger charge is 2.26. The maximum Gasteiger partial charge on any atom is 0.291 e. The van der Waals surface area contributed by atoms with E-state index in [2.05, 4.69) is 12.2 Å². The number of methoxy groups -OCH3 is 3. The van der Waals surface area contributed by atoms with Crippen LogP contribution < -0.4 is 19.5 Å². The number of carbonyl (C=O) groups is 2. The molecule has 0 unspecified atom stereocenters. The normalized spacial score (nSPS) is 14.8. The Morgan fingerprint density at radius 3 is 2.35 bits per heavy atom. The van der Waals surface area contributed by atoms with Gasteiger partial charge >= 0.3 is 0 Å². The van der Waals surface area contributed by atoms with Crippen LogP contribution in [0.1, 0.15) is 35.9 Å². The van der Waals surface area contributed by atoms with Crippen LogP contribution in [0.4, 0.5) is 0 Å². The largest absolute Gasteiger partial charge is 0.493 e. The average molecular weight is 428 g/mol. The van der Waals surface area contributed by atoms with Gasteiger partial charge < -0.3 is 28.8 Å². The zero-order valence-electron chi connectivity index (χ0n) is 18.3. The minimum atomic E-state index is -0.505. The molecule has 166 valence electrons. The van der Waals surface area contributed by atoms with Crippen LogP contribution >= 0.6 is 0 Å². The molecule has 1 aromatic heterocycles. The summed E-state index contributed by atoms with van der Waals surface area (Å²) in [7, 11) is 4.54. The molecule has 0 saturated carbocycles. The molecule has 0 spiro atoms. The summed E-state index contributed by atoms with van der Waals surface area (Å²) in [6.45, 7) is 3.44. The summed E-state index contributed by atoms with van der Waals surface area (Å²) in [6, 6.07) is 6.61. The Morgan fingerprint density at radius 1 is 1.06 bits per heavy atom. The SMILES string of the molecule is COc1ccc(C=C(NC(=O)c2ccco2)C(=O)N2CCC(C)CC2)c(OC)c1OC. The van der Waals surface area contributed by atoms with Crippen LogP contribution in [-0.2, 0) is 4.79 Å². The van der Waals surface area contributed by atoms with Gasteiger partial charge in [0.1, 0.15) is 5.70 Å². The first kappa shape index (κ1) is 22.3. The van der Waals surface area contributed by atoms with E-state index in [0.29, 0.717) is 41.8 Å². The third-order valence-corrected chi connectivity index (χ3v) is 5.33. The third-order valence-electron chi connectivity index (χ3n) is 5.33. The lowest BCUT2D eigenvalue weighted by Crippen LogP contribution is -2.42.